The molecule has 2 aromatic rings. The van der Waals surface area contributed by atoms with Crippen molar-refractivity contribution in [1.29, 1.82) is 0 Å². The predicted molar refractivity (Wildman–Crippen MR) is 69.0 cm³/mol. The van der Waals surface area contributed by atoms with Gasteiger partial charge in [0.2, 0.25) is 0 Å². The van der Waals surface area contributed by atoms with Crippen LogP contribution in [0.25, 0.3) is 11.0 Å². The summed E-state index contributed by atoms with van der Waals surface area (Å²) in [5.74, 6) is 0.596. The summed E-state index contributed by atoms with van der Waals surface area (Å²) >= 11 is 0. The van der Waals surface area contributed by atoms with E-state index in [-0.39, 0.29) is 10.9 Å². The third-order valence-corrected chi connectivity index (χ3v) is 2.78. The Balaban J connectivity index is 2.59. The lowest BCUT2D eigenvalue weighted by Gasteiger charge is -2.15. The van der Waals surface area contributed by atoms with E-state index in [0.29, 0.717) is 23.3 Å². The Bertz CT molecular complexity index is 603. The molecule has 0 aliphatic heterocycles. The van der Waals surface area contributed by atoms with Gasteiger partial charge in [0.05, 0.1) is 11.1 Å². The first-order chi connectivity index (χ1) is 8.56. The van der Waals surface area contributed by atoms with Crippen LogP contribution < -0.4 is 0 Å². The number of hydrogen-bond donors (Lipinski definition) is 1. The summed E-state index contributed by atoms with van der Waals surface area (Å²) in [5.41, 5.74) is 0.343. The van der Waals surface area contributed by atoms with Crippen LogP contribution in [0.3, 0.4) is 0 Å². The Labute approximate surface area is 110 Å². The van der Waals surface area contributed by atoms with Gasteiger partial charge in [0, 0.05) is 6.42 Å². The fraction of sp³-hybridized carbons (Fsp3) is 0.500. The summed E-state index contributed by atoms with van der Waals surface area (Å²) in [6.45, 7) is 7.72. The molecule has 0 radical (unpaired) electrons. The number of rotatable bonds is 1. The smallest absolute Gasteiger partial charge is 0.342 e. The number of hydrogen-bond acceptors (Lipinski definition) is 1. The SMILES string of the molecule is Cc1cc(C(F)(F)F)c2nc(CC(C)(C)C)[nH]c2c1. The van der Waals surface area contributed by atoms with Gasteiger partial charge < -0.3 is 4.98 Å². The quantitative estimate of drug-likeness (QED) is 0.813. The van der Waals surface area contributed by atoms with Crippen molar-refractivity contribution in [3.05, 3.63) is 29.1 Å². The van der Waals surface area contributed by atoms with Gasteiger partial charge in [0.1, 0.15) is 11.3 Å². The number of halogens is 3. The van der Waals surface area contributed by atoms with E-state index in [1.54, 1.807) is 13.0 Å². The van der Waals surface area contributed by atoms with E-state index in [1.165, 1.54) is 0 Å². The molecule has 1 N–H and O–H groups in total. The van der Waals surface area contributed by atoms with Crippen molar-refractivity contribution < 1.29 is 13.2 Å². The summed E-state index contributed by atoms with van der Waals surface area (Å²) in [4.78, 5) is 7.12. The lowest BCUT2D eigenvalue weighted by atomic mass is 9.92. The molecule has 1 aromatic carbocycles. The normalized spacial score (nSPS) is 13.2. The monoisotopic (exact) mass is 270 g/mol. The predicted octanol–water partition coefficient (Wildman–Crippen LogP) is 4.48. The van der Waals surface area contributed by atoms with Gasteiger partial charge in [-0.25, -0.2) is 4.98 Å². The van der Waals surface area contributed by atoms with Gasteiger partial charge in [-0.2, -0.15) is 13.2 Å². The molecule has 1 aromatic heterocycles. The van der Waals surface area contributed by atoms with E-state index in [0.717, 1.165) is 6.07 Å². The topological polar surface area (TPSA) is 28.7 Å². The van der Waals surface area contributed by atoms with Gasteiger partial charge in [0.25, 0.3) is 0 Å². The molecule has 0 saturated carbocycles. The molecule has 0 spiro atoms. The minimum atomic E-state index is -4.38. The fourth-order valence-electron chi connectivity index (χ4n) is 2.12. The molecule has 0 bridgehead atoms. The van der Waals surface area contributed by atoms with E-state index in [1.807, 2.05) is 20.8 Å². The van der Waals surface area contributed by atoms with Crippen LogP contribution in [0.2, 0.25) is 0 Å². The Hall–Kier alpha value is -1.52. The highest BCUT2D eigenvalue weighted by Crippen LogP contribution is 2.35. The van der Waals surface area contributed by atoms with Gasteiger partial charge in [-0.3, -0.25) is 0 Å². The van der Waals surface area contributed by atoms with E-state index in [4.69, 9.17) is 0 Å². The van der Waals surface area contributed by atoms with Crippen LogP contribution in [0.4, 0.5) is 13.2 Å². The molecule has 0 aliphatic rings. The van der Waals surface area contributed by atoms with Gasteiger partial charge in [-0.15, -0.1) is 0 Å². The Kier molecular flexibility index (Phi) is 3.11. The Morgan fingerprint density at radius 2 is 1.79 bits per heavy atom. The van der Waals surface area contributed by atoms with Crippen LogP contribution in [0.15, 0.2) is 12.1 Å². The van der Waals surface area contributed by atoms with Crippen molar-refractivity contribution >= 4 is 11.0 Å². The first-order valence-electron chi connectivity index (χ1n) is 6.13. The number of nitrogens with one attached hydrogen (secondary N) is 1. The van der Waals surface area contributed by atoms with E-state index < -0.39 is 11.7 Å². The summed E-state index contributed by atoms with van der Waals surface area (Å²) < 4.78 is 39.0. The lowest BCUT2D eigenvalue weighted by Crippen LogP contribution is -2.10. The van der Waals surface area contributed by atoms with Crippen molar-refractivity contribution in [2.24, 2.45) is 5.41 Å². The summed E-state index contributed by atoms with van der Waals surface area (Å²) in [7, 11) is 0. The van der Waals surface area contributed by atoms with Crippen LogP contribution in [0, 0.1) is 12.3 Å². The van der Waals surface area contributed by atoms with Gasteiger partial charge >= 0.3 is 6.18 Å². The Morgan fingerprint density at radius 1 is 1.16 bits per heavy atom. The molecule has 0 atom stereocenters. The summed E-state index contributed by atoms with van der Waals surface area (Å²) in [5, 5.41) is 0. The molecular weight excluding hydrogens is 253 g/mol. The largest absolute Gasteiger partial charge is 0.418 e. The number of aromatic amines is 1. The fourth-order valence-corrected chi connectivity index (χ4v) is 2.12. The molecule has 0 saturated heterocycles. The van der Waals surface area contributed by atoms with Crippen molar-refractivity contribution in [2.45, 2.75) is 40.3 Å². The highest BCUT2D eigenvalue weighted by atomic mass is 19.4. The number of imidazole rings is 1. The van der Waals surface area contributed by atoms with Crippen molar-refractivity contribution in [1.82, 2.24) is 9.97 Å². The van der Waals surface area contributed by atoms with Crippen molar-refractivity contribution in [3.63, 3.8) is 0 Å². The third kappa shape index (κ3) is 3.08. The number of fused-ring (bicyclic) bond motifs is 1. The van der Waals surface area contributed by atoms with Crippen molar-refractivity contribution in [2.75, 3.05) is 0 Å². The third-order valence-electron chi connectivity index (χ3n) is 2.78. The molecule has 104 valence electrons. The molecule has 0 fully saturated rings. The average molecular weight is 270 g/mol. The first-order valence-corrected chi connectivity index (χ1v) is 6.13. The maximum atomic E-state index is 13.0. The standard InChI is InChI=1S/C14H17F3N2/c1-8-5-9(14(15,16)17)12-10(6-8)18-11(19-12)7-13(2,3)4/h5-6H,7H2,1-4H3,(H,18,19). The number of alkyl halides is 3. The second kappa shape index (κ2) is 4.25. The number of H-pyrrole nitrogens is 1. The molecule has 5 heteroatoms. The molecule has 2 nitrogen and oxygen atoms in total. The van der Waals surface area contributed by atoms with Crippen molar-refractivity contribution in [3.8, 4) is 0 Å². The molecule has 19 heavy (non-hydrogen) atoms. The molecule has 2 rings (SSSR count). The van der Waals surface area contributed by atoms with Crippen LogP contribution in [0.1, 0.15) is 37.7 Å². The lowest BCUT2D eigenvalue weighted by molar-refractivity contribution is -0.136. The Morgan fingerprint density at radius 3 is 2.32 bits per heavy atom. The number of benzene rings is 1. The second-order valence-corrected chi connectivity index (χ2v) is 6.13. The summed E-state index contributed by atoms with van der Waals surface area (Å²) in [6, 6.07) is 2.84. The minimum absolute atomic E-state index is 0.0114. The molecular formula is C14H17F3N2. The van der Waals surface area contributed by atoms with Crippen LogP contribution in [-0.2, 0) is 12.6 Å². The van der Waals surface area contributed by atoms with Crippen LogP contribution >= 0.6 is 0 Å². The average Bonchev–Trinajstić information content (AvgIpc) is 2.53. The zero-order chi connectivity index (χ0) is 14.4. The van der Waals surface area contributed by atoms with E-state index >= 15 is 0 Å². The van der Waals surface area contributed by atoms with Gasteiger partial charge in [-0.1, -0.05) is 20.8 Å². The number of aryl methyl sites for hydroxylation is 1. The number of aromatic nitrogens is 2. The molecule has 1 heterocycles. The highest BCUT2D eigenvalue weighted by molar-refractivity contribution is 5.80. The van der Waals surface area contributed by atoms with E-state index in [2.05, 4.69) is 9.97 Å². The summed E-state index contributed by atoms with van der Waals surface area (Å²) in [6.07, 6.45) is -3.77. The maximum Gasteiger partial charge on any atom is 0.418 e. The first kappa shape index (κ1) is 13.9. The van der Waals surface area contributed by atoms with E-state index in [9.17, 15) is 13.2 Å². The number of nitrogens with zero attached hydrogens (tertiary/aromatic N) is 1. The van der Waals surface area contributed by atoms with Gasteiger partial charge in [0.15, 0.2) is 0 Å². The van der Waals surface area contributed by atoms with Crippen LogP contribution in [0.5, 0.6) is 0 Å². The zero-order valence-electron chi connectivity index (χ0n) is 11.4. The molecule has 0 aliphatic carbocycles. The van der Waals surface area contributed by atoms with Gasteiger partial charge in [-0.05, 0) is 30.0 Å². The second-order valence-electron chi connectivity index (χ2n) is 6.13. The highest BCUT2D eigenvalue weighted by Gasteiger charge is 2.34. The minimum Gasteiger partial charge on any atom is -0.342 e. The molecule has 0 amide bonds. The maximum absolute atomic E-state index is 13.0. The zero-order valence-corrected chi connectivity index (χ0v) is 11.4. The van der Waals surface area contributed by atoms with Crippen LogP contribution in [-0.4, -0.2) is 9.97 Å². The molecule has 0 unspecified atom stereocenters.